The molecular formula is C20H23N3O2. The highest BCUT2D eigenvalue weighted by molar-refractivity contribution is 6.00. The normalized spacial score (nSPS) is 14.8. The summed E-state index contributed by atoms with van der Waals surface area (Å²) < 4.78 is 0. The number of pyridine rings is 1. The number of carbonyl (C=O) groups excluding carboxylic acids is 1. The van der Waals surface area contributed by atoms with E-state index in [1.54, 1.807) is 20.0 Å². The lowest BCUT2D eigenvalue weighted by Crippen LogP contribution is -2.31. The van der Waals surface area contributed by atoms with Crippen molar-refractivity contribution in [1.82, 2.24) is 4.98 Å². The number of fused-ring (bicyclic) bond motifs is 1. The van der Waals surface area contributed by atoms with Crippen LogP contribution in [0.3, 0.4) is 0 Å². The molecule has 1 aromatic carbocycles. The summed E-state index contributed by atoms with van der Waals surface area (Å²) in [6.45, 7) is 4.03. The van der Waals surface area contributed by atoms with Gasteiger partial charge in [-0.05, 0) is 31.0 Å². The van der Waals surface area contributed by atoms with Crippen molar-refractivity contribution >= 4 is 11.6 Å². The van der Waals surface area contributed by atoms with Gasteiger partial charge in [-0.2, -0.15) is 0 Å². The molecule has 0 saturated heterocycles. The maximum Gasteiger partial charge on any atom is 0.139 e. The third-order valence-electron chi connectivity index (χ3n) is 4.61. The molecule has 1 aliphatic heterocycles. The number of ketones is 1. The van der Waals surface area contributed by atoms with Crippen LogP contribution in [0.2, 0.25) is 0 Å². The van der Waals surface area contributed by atoms with E-state index in [-0.39, 0.29) is 24.5 Å². The molecule has 1 atom stereocenters. The SMILES string of the molecule is CC(C)(O)[C@@H](CC(=O)Cc1cc2c(cn1)C(N)=NC2)c1ccccc1. The van der Waals surface area contributed by atoms with Crippen LogP contribution in [-0.4, -0.2) is 27.3 Å². The standard InChI is InChI=1S/C20H23N3O2/c1-20(2,25)18(13-6-4-3-5-7-13)10-16(24)9-15-8-14-11-23-19(21)17(14)12-22-15/h3-8,12,18,25H,9-11H2,1-2H3,(H2,21,23)/t18-/m0/s1. The third kappa shape index (κ3) is 3.94. The molecule has 0 saturated carbocycles. The quantitative estimate of drug-likeness (QED) is 0.847. The van der Waals surface area contributed by atoms with Gasteiger partial charge in [0.1, 0.15) is 11.6 Å². The zero-order valence-electron chi connectivity index (χ0n) is 14.6. The van der Waals surface area contributed by atoms with Gasteiger partial charge in [-0.15, -0.1) is 0 Å². The first-order valence-corrected chi connectivity index (χ1v) is 8.41. The molecule has 0 amide bonds. The third-order valence-corrected chi connectivity index (χ3v) is 4.61. The molecule has 1 aliphatic rings. The summed E-state index contributed by atoms with van der Waals surface area (Å²) in [6.07, 6.45) is 2.20. The van der Waals surface area contributed by atoms with Gasteiger partial charge in [0, 0.05) is 36.2 Å². The number of rotatable bonds is 6. The van der Waals surface area contributed by atoms with E-state index in [1.807, 2.05) is 36.4 Å². The molecule has 25 heavy (non-hydrogen) atoms. The van der Waals surface area contributed by atoms with Crippen LogP contribution in [0.5, 0.6) is 0 Å². The summed E-state index contributed by atoms with van der Waals surface area (Å²) in [5, 5.41) is 10.5. The average molecular weight is 337 g/mol. The Morgan fingerprint density at radius 3 is 2.72 bits per heavy atom. The van der Waals surface area contributed by atoms with Crippen molar-refractivity contribution in [3.8, 4) is 0 Å². The highest BCUT2D eigenvalue weighted by Crippen LogP contribution is 2.31. The van der Waals surface area contributed by atoms with Crippen LogP contribution in [-0.2, 0) is 17.8 Å². The summed E-state index contributed by atoms with van der Waals surface area (Å²) >= 11 is 0. The first-order valence-electron chi connectivity index (χ1n) is 8.41. The number of Topliss-reactive ketones (excluding diaryl/α,β-unsaturated/α-hetero) is 1. The molecule has 0 bridgehead atoms. The summed E-state index contributed by atoms with van der Waals surface area (Å²) in [6, 6.07) is 11.6. The van der Waals surface area contributed by atoms with E-state index >= 15 is 0 Å². The first kappa shape index (κ1) is 17.3. The van der Waals surface area contributed by atoms with Gasteiger partial charge in [0.05, 0.1) is 12.1 Å². The van der Waals surface area contributed by atoms with Crippen molar-refractivity contribution in [3.63, 3.8) is 0 Å². The number of aliphatic hydroxyl groups is 1. The Bertz CT molecular complexity index is 807. The first-order chi connectivity index (χ1) is 11.8. The van der Waals surface area contributed by atoms with Gasteiger partial charge in [-0.1, -0.05) is 30.3 Å². The zero-order valence-corrected chi connectivity index (χ0v) is 14.6. The number of aliphatic imine (C=N–C) groups is 1. The molecule has 3 rings (SSSR count). The minimum atomic E-state index is -0.981. The maximum absolute atomic E-state index is 12.6. The summed E-state index contributed by atoms with van der Waals surface area (Å²) in [7, 11) is 0. The molecule has 0 spiro atoms. The minimum Gasteiger partial charge on any atom is -0.390 e. The number of hydrogen-bond donors (Lipinski definition) is 2. The Morgan fingerprint density at radius 2 is 2.04 bits per heavy atom. The Hall–Kier alpha value is -2.53. The van der Waals surface area contributed by atoms with E-state index in [2.05, 4.69) is 9.98 Å². The molecule has 0 fully saturated rings. The summed E-state index contributed by atoms with van der Waals surface area (Å²) in [5.74, 6) is 0.302. The van der Waals surface area contributed by atoms with Gasteiger partial charge >= 0.3 is 0 Å². The highest BCUT2D eigenvalue weighted by atomic mass is 16.3. The monoisotopic (exact) mass is 337 g/mol. The lowest BCUT2D eigenvalue weighted by atomic mass is 9.80. The second-order valence-corrected chi connectivity index (χ2v) is 7.07. The van der Waals surface area contributed by atoms with E-state index in [0.29, 0.717) is 12.4 Å². The van der Waals surface area contributed by atoms with Gasteiger partial charge in [0.15, 0.2) is 0 Å². The van der Waals surface area contributed by atoms with E-state index < -0.39 is 5.60 Å². The Kier molecular flexibility index (Phi) is 4.68. The molecule has 0 unspecified atom stereocenters. The molecule has 2 aromatic rings. The number of hydrogen-bond acceptors (Lipinski definition) is 5. The number of benzene rings is 1. The lowest BCUT2D eigenvalue weighted by Gasteiger charge is -2.29. The number of carbonyl (C=O) groups is 1. The molecule has 0 radical (unpaired) electrons. The van der Waals surface area contributed by atoms with Crippen molar-refractivity contribution in [2.24, 2.45) is 10.7 Å². The molecule has 0 aliphatic carbocycles. The average Bonchev–Trinajstić information content (AvgIpc) is 2.93. The number of aromatic nitrogens is 1. The Labute approximate surface area is 147 Å². The van der Waals surface area contributed by atoms with E-state index in [1.165, 1.54) is 0 Å². The number of amidine groups is 1. The molecule has 1 aromatic heterocycles. The van der Waals surface area contributed by atoms with Crippen LogP contribution in [0.15, 0.2) is 47.6 Å². The van der Waals surface area contributed by atoms with Crippen LogP contribution in [0.25, 0.3) is 0 Å². The zero-order chi connectivity index (χ0) is 18.0. The molecule has 2 heterocycles. The molecule has 130 valence electrons. The second kappa shape index (κ2) is 6.76. The van der Waals surface area contributed by atoms with E-state index in [9.17, 15) is 9.90 Å². The van der Waals surface area contributed by atoms with Crippen LogP contribution in [0, 0.1) is 0 Å². The van der Waals surface area contributed by atoms with Crippen molar-refractivity contribution in [2.75, 3.05) is 0 Å². The predicted octanol–water partition coefficient (Wildman–Crippen LogP) is 2.36. The maximum atomic E-state index is 12.6. The fraction of sp³-hybridized carbons (Fsp3) is 0.350. The molecule has 3 N–H and O–H groups in total. The number of nitrogens with zero attached hydrogens (tertiary/aromatic N) is 2. The summed E-state index contributed by atoms with van der Waals surface area (Å²) in [4.78, 5) is 21.1. The van der Waals surface area contributed by atoms with Gasteiger partial charge in [0.25, 0.3) is 0 Å². The highest BCUT2D eigenvalue weighted by Gasteiger charge is 2.30. The van der Waals surface area contributed by atoms with E-state index in [4.69, 9.17) is 5.73 Å². The van der Waals surface area contributed by atoms with Crippen LogP contribution < -0.4 is 5.73 Å². The minimum absolute atomic E-state index is 0.0512. The Morgan fingerprint density at radius 1 is 1.32 bits per heavy atom. The fourth-order valence-electron chi connectivity index (χ4n) is 3.22. The van der Waals surface area contributed by atoms with Gasteiger partial charge in [-0.25, -0.2) is 0 Å². The van der Waals surface area contributed by atoms with Gasteiger partial charge < -0.3 is 10.8 Å². The molecular weight excluding hydrogens is 314 g/mol. The van der Waals surface area contributed by atoms with E-state index in [0.717, 1.165) is 22.4 Å². The summed E-state index contributed by atoms with van der Waals surface area (Å²) in [5.41, 5.74) is 8.36. The topological polar surface area (TPSA) is 88.6 Å². The predicted molar refractivity (Wildman–Crippen MR) is 97.5 cm³/mol. The van der Waals surface area contributed by atoms with Crippen LogP contribution in [0.1, 0.15) is 48.6 Å². The largest absolute Gasteiger partial charge is 0.390 e. The van der Waals surface area contributed by atoms with Crippen LogP contribution >= 0.6 is 0 Å². The van der Waals surface area contributed by atoms with Crippen molar-refractivity contribution < 1.29 is 9.90 Å². The van der Waals surface area contributed by atoms with Crippen molar-refractivity contribution in [2.45, 2.75) is 44.8 Å². The van der Waals surface area contributed by atoms with Crippen molar-refractivity contribution in [1.29, 1.82) is 0 Å². The smallest absolute Gasteiger partial charge is 0.139 e. The lowest BCUT2D eigenvalue weighted by molar-refractivity contribution is -0.120. The van der Waals surface area contributed by atoms with Gasteiger partial charge in [0.2, 0.25) is 0 Å². The second-order valence-electron chi connectivity index (χ2n) is 7.07. The molecule has 5 heteroatoms. The number of nitrogens with two attached hydrogens (primary N) is 1. The van der Waals surface area contributed by atoms with Crippen LogP contribution in [0.4, 0.5) is 0 Å². The van der Waals surface area contributed by atoms with Gasteiger partial charge in [-0.3, -0.25) is 14.8 Å². The fourth-order valence-corrected chi connectivity index (χ4v) is 3.22. The van der Waals surface area contributed by atoms with Crippen molar-refractivity contribution in [3.05, 3.63) is 65.0 Å². The molecule has 5 nitrogen and oxygen atoms in total. The Balaban J connectivity index is 1.73.